The molecule has 0 N–H and O–H groups in total. The maximum atomic E-state index is 12.7. The van der Waals surface area contributed by atoms with Crippen molar-refractivity contribution in [2.75, 3.05) is 10.7 Å². The van der Waals surface area contributed by atoms with Crippen LogP contribution in [0.2, 0.25) is 0 Å². The smallest absolute Gasteiger partial charge is 0.237 e. The van der Waals surface area contributed by atoms with E-state index in [0.717, 1.165) is 36.1 Å². The van der Waals surface area contributed by atoms with Gasteiger partial charge in [0.1, 0.15) is 5.82 Å². The van der Waals surface area contributed by atoms with Crippen LogP contribution in [0, 0.1) is 0 Å². The summed E-state index contributed by atoms with van der Waals surface area (Å²) in [6.07, 6.45) is 4.57. The molecule has 1 amide bonds. The highest BCUT2D eigenvalue weighted by Gasteiger charge is 2.20. The van der Waals surface area contributed by atoms with Crippen molar-refractivity contribution in [1.82, 2.24) is 14.8 Å². The van der Waals surface area contributed by atoms with E-state index < -0.39 is 0 Å². The third-order valence-electron chi connectivity index (χ3n) is 4.14. The lowest BCUT2D eigenvalue weighted by molar-refractivity contribution is -0.116. The molecule has 0 saturated heterocycles. The summed E-state index contributed by atoms with van der Waals surface area (Å²) >= 11 is 1.43. The predicted octanol–water partition coefficient (Wildman–Crippen LogP) is 3.96. The van der Waals surface area contributed by atoms with Crippen molar-refractivity contribution in [2.45, 2.75) is 57.3 Å². The zero-order valence-electron chi connectivity index (χ0n) is 14.7. The number of rotatable bonds is 5. The number of fused-ring (bicyclic) bond motifs is 1. The Morgan fingerprint density at radius 1 is 1.24 bits per heavy atom. The number of carbonyl (C=O) groups excluding carboxylic acids is 1. The number of aromatic nitrogens is 3. The number of anilines is 1. The highest BCUT2D eigenvalue weighted by atomic mass is 35.5. The molecule has 2 aromatic rings. The van der Waals surface area contributed by atoms with Crippen LogP contribution in [0.1, 0.15) is 38.9 Å². The monoisotopic (exact) mass is 380 g/mol. The van der Waals surface area contributed by atoms with Crippen LogP contribution in [-0.4, -0.2) is 32.5 Å². The minimum Gasteiger partial charge on any atom is -0.309 e. The third kappa shape index (κ3) is 4.98. The summed E-state index contributed by atoms with van der Waals surface area (Å²) in [6, 6.07) is 9.94. The summed E-state index contributed by atoms with van der Waals surface area (Å²) in [5.74, 6) is 1.51. The summed E-state index contributed by atoms with van der Waals surface area (Å²) in [5.41, 5.74) is 0.937. The van der Waals surface area contributed by atoms with Gasteiger partial charge in [0, 0.05) is 24.7 Å². The fourth-order valence-electron chi connectivity index (χ4n) is 3.01. The fraction of sp³-hybridized carbons (Fsp3) is 0.500. The third-order valence-corrected chi connectivity index (χ3v) is 4.97. The molecule has 0 aliphatic carbocycles. The minimum absolute atomic E-state index is 0. The first kappa shape index (κ1) is 19.8. The first-order valence-corrected chi connectivity index (χ1v) is 9.57. The SMILES string of the molecule is CC(C)N(C(=O)CSc1nc2n(n1)CCCCC2)c1ccccc1.Cl. The van der Waals surface area contributed by atoms with Crippen LogP contribution < -0.4 is 4.90 Å². The van der Waals surface area contributed by atoms with Gasteiger partial charge in [-0.05, 0) is 38.8 Å². The maximum absolute atomic E-state index is 12.7. The number of carbonyl (C=O) groups is 1. The molecule has 25 heavy (non-hydrogen) atoms. The van der Waals surface area contributed by atoms with Gasteiger partial charge in [-0.2, -0.15) is 0 Å². The number of hydrogen-bond acceptors (Lipinski definition) is 4. The highest BCUT2D eigenvalue weighted by molar-refractivity contribution is 7.99. The molecular weight excluding hydrogens is 356 g/mol. The number of para-hydroxylation sites is 1. The van der Waals surface area contributed by atoms with Gasteiger partial charge in [-0.1, -0.05) is 36.4 Å². The molecule has 3 rings (SSSR count). The lowest BCUT2D eigenvalue weighted by atomic mass is 10.2. The summed E-state index contributed by atoms with van der Waals surface area (Å²) in [5, 5.41) is 5.28. The van der Waals surface area contributed by atoms with Gasteiger partial charge in [0.15, 0.2) is 0 Å². The molecule has 1 aliphatic heterocycles. The number of aryl methyl sites for hydroxylation is 2. The van der Waals surface area contributed by atoms with Crippen molar-refractivity contribution in [3.05, 3.63) is 36.2 Å². The number of benzene rings is 1. The van der Waals surface area contributed by atoms with Crippen molar-refractivity contribution >= 4 is 35.8 Å². The van der Waals surface area contributed by atoms with E-state index in [9.17, 15) is 4.79 Å². The van der Waals surface area contributed by atoms with Crippen LogP contribution in [0.4, 0.5) is 5.69 Å². The van der Waals surface area contributed by atoms with E-state index in [0.29, 0.717) is 5.75 Å². The quantitative estimate of drug-likeness (QED) is 0.736. The van der Waals surface area contributed by atoms with Gasteiger partial charge >= 0.3 is 0 Å². The first-order chi connectivity index (χ1) is 11.6. The Morgan fingerprint density at radius 2 is 2.00 bits per heavy atom. The van der Waals surface area contributed by atoms with Crippen LogP contribution in [0.3, 0.4) is 0 Å². The van der Waals surface area contributed by atoms with Crippen LogP contribution >= 0.6 is 24.2 Å². The van der Waals surface area contributed by atoms with Gasteiger partial charge in [0.05, 0.1) is 5.75 Å². The second-order valence-electron chi connectivity index (χ2n) is 6.33. The molecule has 0 bridgehead atoms. The number of halogens is 1. The van der Waals surface area contributed by atoms with Crippen LogP contribution in [0.5, 0.6) is 0 Å². The topological polar surface area (TPSA) is 51.0 Å². The number of thioether (sulfide) groups is 1. The zero-order chi connectivity index (χ0) is 16.9. The molecule has 0 unspecified atom stereocenters. The Balaban J connectivity index is 0.00000225. The van der Waals surface area contributed by atoms with Crippen LogP contribution in [0.25, 0.3) is 0 Å². The molecule has 5 nitrogen and oxygen atoms in total. The van der Waals surface area contributed by atoms with E-state index in [1.165, 1.54) is 24.6 Å². The van der Waals surface area contributed by atoms with Gasteiger partial charge < -0.3 is 4.90 Å². The van der Waals surface area contributed by atoms with E-state index in [-0.39, 0.29) is 24.4 Å². The van der Waals surface area contributed by atoms with Crippen molar-refractivity contribution in [1.29, 1.82) is 0 Å². The molecule has 0 spiro atoms. The molecule has 7 heteroatoms. The highest BCUT2D eigenvalue weighted by Crippen LogP contribution is 2.22. The van der Waals surface area contributed by atoms with Gasteiger partial charge in [0.25, 0.3) is 0 Å². The van der Waals surface area contributed by atoms with Crippen molar-refractivity contribution in [2.24, 2.45) is 0 Å². The average molecular weight is 381 g/mol. The van der Waals surface area contributed by atoms with E-state index >= 15 is 0 Å². The van der Waals surface area contributed by atoms with Crippen molar-refractivity contribution < 1.29 is 4.79 Å². The lowest BCUT2D eigenvalue weighted by Gasteiger charge is -2.26. The molecule has 0 radical (unpaired) electrons. The molecule has 0 fully saturated rings. The summed E-state index contributed by atoms with van der Waals surface area (Å²) < 4.78 is 2.01. The average Bonchev–Trinajstić information content (AvgIpc) is 2.83. The summed E-state index contributed by atoms with van der Waals surface area (Å²) in [7, 11) is 0. The molecule has 0 saturated carbocycles. The molecular formula is C18H25ClN4OS. The Morgan fingerprint density at radius 3 is 2.72 bits per heavy atom. The Labute approximate surface area is 159 Å². The zero-order valence-corrected chi connectivity index (χ0v) is 16.4. The second-order valence-corrected chi connectivity index (χ2v) is 7.27. The molecule has 136 valence electrons. The summed E-state index contributed by atoms with van der Waals surface area (Å²) in [6.45, 7) is 5.01. The van der Waals surface area contributed by atoms with E-state index in [1.54, 1.807) is 0 Å². The van der Waals surface area contributed by atoms with Crippen LogP contribution in [-0.2, 0) is 17.8 Å². The van der Waals surface area contributed by atoms with Gasteiger partial charge in [-0.25, -0.2) is 9.67 Å². The first-order valence-electron chi connectivity index (χ1n) is 8.59. The van der Waals surface area contributed by atoms with Gasteiger partial charge in [0.2, 0.25) is 11.1 Å². The Bertz CT molecular complexity index is 666. The lowest BCUT2D eigenvalue weighted by Crippen LogP contribution is -2.38. The van der Waals surface area contributed by atoms with E-state index in [1.807, 2.05) is 53.8 Å². The van der Waals surface area contributed by atoms with Crippen LogP contribution in [0.15, 0.2) is 35.5 Å². The van der Waals surface area contributed by atoms with Crippen molar-refractivity contribution in [3.8, 4) is 0 Å². The Hall–Kier alpha value is -1.53. The molecule has 1 aromatic heterocycles. The largest absolute Gasteiger partial charge is 0.309 e. The predicted molar refractivity (Wildman–Crippen MR) is 105 cm³/mol. The molecule has 1 aromatic carbocycles. The standard InChI is InChI=1S/C18H24N4OS.ClH/c1-14(2)22(15-9-5-3-6-10-15)17(23)13-24-18-19-16-11-7-4-8-12-21(16)20-18;/h3,5-6,9-10,14H,4,7-8,11-13H2,1-2H3;1H. The van der Waals surface area contributed by atoms with E-state index in [2.05, 4.69) is 10.1 Å². The molecule has 1 aliphatic rings. The van der Waals surface area contributed by atoms with E-state index in [4.69, 9.17) is 0 Å². The Kier molecular flexibility index (Phi) is 7.32. The second kappa shape index (κ2) is 9.25. The molecule has 0 atom stereocenters. The van der Waals surface area contributed by atoms with Gasteiger partial charge in [-0.15, -0.1) is 17.5 Å². The molecule has 2 heterocycles. The fourth-order valence-corrected chi connectivity index (χ4v) is 3.73. The number of amides is 1. The van der Waals surface area contributed by atoms with Crippen molar-refractivity contribution in [3.63, 3.8) is 0 Å². The summed E-state index contributed by atoms with van der Waals surface area (Å²) in [4.78, 5) is 19.1. The normalized spacial score (nSPS) is 13.7. The maximum Gasteiger partial charge on any atom is 0.237 e. The van der Waals surface area contributed by atoms with Gasteiger partial charge in [-0.3, -0.25) is 4.79 Å². The number of nitrogens with zero attached hydrogens (tertiary/aromatic N) is 4. The minimum atomic E-state index is 0. The number of hydrogen-bond donors (Lipinski definition) is 0.